The van der Waals surface area contributed by atoms with Crippen molar-refractivity contribution in [2.24, 2.45) is 5.92 Å². The summed E-state index contributed by atoms with van der Waals surface area (Å²) < 4.78 is 0. The zero-order valence-corrected chi connectivity index (χ0v) is 14.2. The number of aliphatic hydroxyl groups is 1. The fourth-order valence-electron chi connectivity index (χ4n) is 3.46. The maximum Gasteiger partial charge on any atom is 0.253 e. The first-order valence-electron chi connectivity index (χ1n) is 8.79. The zero-order valence-electron chi connectivity index (χ0n) is 14.2. The van der Waals surface area contributed by atoms with E-state index in [1.165, 1.54) is 0 Å². The Bertz CT molecular complexity index is 905. The number of hydrogen-bond donors (Lipinski definition) is 2. The predicted molar refractivity (Wildman–Crippen MR) is 97.5 cm³/mol. The molecule has 1 saturated carbocycles. The van der Waals surface area contributed by atoms with Crippen LogP contribution in [0.2, 0.25) is 0 Å². The summed E-state index contributed by atoms with van der Waals surface area (Å²) in [7, 11) is 0. The zero-order chi connectivity index (χ0) is 17.9. The fourth-order valence-corrected chi connectivity index (χ4v) is 3.46. The Kier molecular flexibility index (Phi) is 4.58. The van der Waals surface area contributed by atoms with Crippen LogP contribution in [0.4, 0.5) is 0 Å². The van der Waals surface area contributed by atoms with Gasteiger partial charge in [-0.3, -0.25) is 19.7 Å². The Hall–Kier alpha value is -2.86. The summed E-state index contributed by atoms with van der Waals surface area (Å²) in [6, 6.07) is 11.1. The highest BCUT2D eigenvalue weighted by molar-refractivity contribution is 6.04. The summed E-state index contributed by atoms with van der Waals surface area (Å²) in [5.41, 5.74) is 2.73. The number of amides is 1. The van der Waals surface area contributed by atoms with E-state index < -0.39 is 0 Å². The SMILES string of the molecule is O=C(NC(Cc1ccccn1)C1CC(O)C1)c1cccc2nccnc12. The van der Waals surface area contributed by atoms with Crippen molar-refractivity contribution < 1.29 is 9.90 Å². The molecule has 1 amide bonds. The molecule has 0 saturated heterocycles. The monoisotopic (exact) mass is 348 g/mol. The van der Waals surface area contributed by atoms with Crippen molar-refractivity contribution in [1.82, 2.24) is 20.3 Å². The van der Waals surface area contributed by atoms with Crippen molar-refractivity contribution in [3.8, 4) is 0 Å². The number of nitrogens with zero attached hydrogens (tertiary/aromatic N) is 3. The molecule has 6 heteroatoms. The third-order valence-electron chi connectivity index (χ3n) is 4.93. The Morgan fingerprint density at radius 1 is 1.08 bits per heavy atom. The number of pyridine rings is 1. The van der Waals surface area contributed by atoms with Crippen LogP contribution in [0.15, 0.2) is 55.0 Å². The molecule has 2 heterocycles. The van der Waals surface area contributed by atoms with Gasteiger partial charge in [0, 0.05) is 36.7 Å². The summed E-state index contributed by atoms with van der Waals surface area (Å²) >= 11 is 0. The number of rotatable bonds is 5. The number of benzene rings is 1. The Balaban J connectivity index is 1.57. The molecule has 1 aromatic carbocycles. The van der Waals surface area contributed by atoms with Gasteiger partial charge in [0.25, 0.3) is 5.91 Å². The number of para-hydroxylation sites is 1. The molecule has 0 aliphatic heterocycles. The van der Waals surface area contributed by atoms with E-state index in [9.17, 15) is 9.90 Å². The highest BCUT2D eigenvalue weighted by Gasteiger charge is 2.35. The molecular formula is C20H20N4O2. The van der Waals surface area contributed by atoms with E-state index >= 15 is 0 Å². The highest BCUT2D eigenvalue weighted by atomic mass is 16.3. The molecule has 6 nitrogen and oxygen atoms in total. The number of carbonyl (C=O) groups excluding carboxylic acids is 1. The van der Waals surface area contributed by atoms with Crippen LogP contribution >= 0.6 is 0 Å². The molecule has 2 aromatic heterocycles. The summed E-state index contributed by atoms with van der Waals surface area (Å²) in [6.45, 7) is 0. The van der Waals surface area contributed by atoms with Crippen LogP contribution in [0.1, 0.15) is 28.9 Å². The van der Waals surface area contributed by atoms with Crippen LogP contribution in [0.3, 0.4) is 0 Å². The summed E-state index contributed by atoms with van der Waals surface area (Å²) in [6.07, 6.45) is 6.73. The van der Waals surface area contributed by atoms with Crippen molar-refractivity contribution in [2.75, 3.05) is 0 Å². The number of carbonyl (C=O) groups is 1. The van der Waals surface area contributed by atoms with E-state index in [0.29, 0.717) is 35.9 Å². The maximum absolute atomic E-state index is 12.9. The molecule has 0 radical (unpaired) electrons. The van der Waals surface area contributed by atoms with Crippen LogP contribution in [0, 0.1) is 5.92 Å². The van der Waals surface area contributed by atoms with Gasteiger partial charge in [-0.05, 0) is 43.0 Å². The number of fused-ring (bicyclic) bond motifs is 1. The molecule has 0 spiro atoms. The van der Waals surface area contributed by atoms with Crippen LogP contribution < -0.4 is 5.32 Å². The van der Waals surface area contributed by atoms with Crippen molar-refractivity contribution in [2.45, 2.75) is 31.4 Å². The summed E-state index contributed by atoms with van der Waals surface area (Å²) in [4.78, 5) is 25.9. The lowest BCUT2D eigenvalue weighted by Crippen LogP contribution is -2.48. The second-order valence-electron chi connectivity index (χ2n) is 6.72. The van der Waals surface area contributed by atoms with Gasteiger partial charge in [-0.2, -0.15) is 0 Å². The largest absolute Gasteiger partial charge is 0.393 e. The third kappa shape index (κ3) is 3.41. The molecule has 1 atom stereocenters. The minimum Gasteiger partial charge on any atom is -0.393 e. The van der Waals surface area contributed by atoms with E-state index in [1.54, 1.807) is 24.7 Å². The minimum atomic E-state index is -0.272. The van der Waals surface area contributed by atoms with Crippen LogP contribution in [0.25, 0.3) is 11.0 Å². The molecule has 0 bridgehead atoms. The minimum absolute atomic E-state index is 0.0762. The third-order valence-corrected chi connectivity index (χ3v) is 4.93. The first-order chi connectivity index (χ1) is 12.7. The highest BCUT2D eigenvalue weighted by Crippen LogP contribution is 2.32. The number of aliphatic hydroxyl groups excluding tert-OH is 1. The van der Waals surface area contributed by atoms with E-state index in [2.05, 4.69) is 20.3 Å². The number of hydrogen-bond acceptors (Lipinski definition) is 5. The van der Waals surface area contributed by atoms with E-state index in [4.69, 9.17) is 0 Å². The molecule has 26 heavy (non-hydrogen) atoms. The second kappa shape index (κ2) is 7.17. The lowest BCUT2D eigenvalue weighted by atomic mass is 9.76. The molecule has 4 rings (SSSR count). The van der Waals surface area contributed by atoms with Gasteiger partial charge in [0.05, 0.1) is 17.2 Å². The van der Waals surface area contributed by atoms with E-state index in [-0.39, 0.29) is 24.0 Å². The first-order valence-corrected chi connectivity index (χ1v) is 8.79. The molecule has 2 N–H and O–H groups in total. The van der Waals surface area contributed by atoms with Crippen LogP contribution in [-0.4, -0.2) is 38.1 Å². The second-order valence-corrected chi connectivity index (χ2v) is 6.72. The predicted octanol–water partition coefficient (Wildman–Crippen LogP) is 2.14. The van der Waals surface area contributed by atoms with Crippen molar-refractivity contribution in [1.29, 1.82) is 0 Å². The Labute approximate surface area is 151 Å². The molecule has 1 aliphatic carbocycles. The molecule has 1 aliphatic rings. The van der Waals surface area contributed by atoms with Gasteiger partial charge in [0.15, 0.2) is 0 Å². The van der Waals surface area contributed by atoms with Crippen molar-refractivity contribution >= 4 is 16.9 Å². The average molecular weight is 348 g/mol. The molecule has 1 fully saturated rings. The lowest BCUT2D eigenvalue weighted by Gasteiger charge is -2.38. The van der Waals surface area contributed by atoms with Crippen molar-refractivity contribution in [3.05, 3.63) is 66.2 Å². The van der Waals surface area contributed by atoms with Crippen molar-refractivity contribution in [3.63, 3.8) is 0 Å². The summed E-state index contributed by atoms with van der Waals surface area (Å²) in [5.74, 6) is 0.0791. The maximum atomic E-state index is 12.9. The Morgan fingerprint density at radius 3 is 2.69 bits per heavy atom. The molecule has 3 aromatic rings. The van der Waals surface area contributed by atoms with Gasteiger partial charge in [-0.1, -0.05) is 12.1 Å². The topological polar surface area (TPSA) is 88.0 Å². The van der Waals surface area contributed by atoms with Gasteiger partial charge < -0.3 is 10.4 Å². The summed E-state index contributed by atoms with van der Waals surface area (Å²) in [5, 5.41) is 12.8. The average Bonchev–Trinajstić information content (AvgIpc) is 2.65. The quantitative estimate of drug-likeness (QED) is 0.737. The fraction of sp³-hybridized carbons (Fsp3) is 0.300. The smallest absolute Gasteiger partial charge is 0.253 e. The molecular weight excluding hydrogens is 328 g/mol. The van der Waals surface area contributed by atoms with Gasteiger partial charge in [-0.25, -0.2) is 0 Å². The van der Waals surface area contributed by atoms with E-state index in [0.717, 1.165) is 5.69 Å². The van der Waals surface area contributed by atoms with Gasteiger partial charge in [-0.15, -0.1) is 0 Å². The molecule has 1 unspecified atom stereocenters. The normalized spacial score (nSPS) is 20.3. The van der Waals surface area contributed by atoms with Crippen LogP contribution in [-0.2, 0) is 6.42 Å². The van der Waals surface area contributed by atoms with Gasteiger partial charge >= 0.3 is 0 Å². The first kappa shape index (κ1) is 16.6. The number of aromatic nitrogens is 3. The van der Waals surface area contributed by atoms with Gasteiger partial charge in [0.2, 0.25) is 0 Å². The van der Waals surface area contributed by atoms with Crippen LogP contribution in [0.5, 0.6) is 0 Å². The number of nitrogens with one attached hydrogen (secondary N) is 1. The van der Waals surface area contributed by atoms with Gasteiger partial charge in [0.1, 0.15) is 5.52 Å². The lowest BCUT2D eigenvalue weighted by molar-refractivity contribution is 0.0238. The standard InChI is InChI=1S/C20H20N4O2/c25-15-10-13(11-15)18(12-14-4-1-2-7-21-14)24-20(26)16-5-3-6-17-19(16)23-9-8-22-17/h1-9,13,15,18,25H,10-12H2,(H,24,26). The molecule has 132 valence electrons. The Morgan fingerprint density at radius 2 is 1.92 bits per heavy atom. The van der Waals surface area contributed by atoms with E-state index in [1.807, 2.05) is 30.3 Å².